The summed E-state index contributed by atoms with van der Waals surface area (Å²) in [5.41, 5.74) is -1.21. The molecule has 32 heavy (non-hydrogen) atoms. The van der Waals surface area contributed by atoms with Gasteiger partial charge in [0.1, 0.15) is 17.9 Å². The van der Waals surface area contributed by atoms with Crippen molar-refractivity contribution in [2.45, 2.75) is 83.9 Å². The fourth-order valence-electron chi connectivity index (χ4n) is 4.54. The van der Waals surface area contributed by atoms with Crippen LogP contribution in [-0.2, 0) is 13.8 Å². The highest BCUT2D eigenvalue weighted by molar-refractivity contribution is 7.44. The summed E-state index contributed by atoms with van der Waals surface area (Å²) in [6.45, 7) is 10.1. The van der Waals surface area contributed by atoms with E-state index in [1.165, 1.54) is 10.8 Å². The van der Waals surface area contributed by atoms with Crippen LogP contribution < -0.4 is 11.2 Å². The Labute approximate surface area is 189 Å². The van der Waals surface area contributed by atoms with Crippen molar-refractivity contribution in [3.05, 3.63) is 32.6 Å². The molecule has 178 valence electrons. The number of aromatic nitrogens is 2. The summed E-state index contributed by atoms with van der Waals surface area (Å²) in [6.07, 6.45) is 1.87. The summed E-state index contributed by atoms with van der Waals surface area (Å²) >= 11 is 0. The van der Waals surface area contributed by atoms with Gasteiger partial charge in [0.25, 0.3) is 14.1 Å². The third kappa shape index (κ3) is 4.84. The highest BCUT2D eigenvalue weighted by Crippen LogP contribution is 2.66. The van der Waals surface area contributed by atoms with E-state index in [0.29, 0.717) is 18.4 Å². The van der Waals surface area contributed by atoms with Crippen LogP contribution >= 0.6 is 8.53 Å². The average molecular weight is 468 g/mol. The third-order valence-corrected chi connectivity index (χ3v) is 8.11. The van der Waals surface area contributed by atoms with Crippen LogP contribution in [0.1, 0.15) is 58.7 Å². The Hall–Kier alpha value is -1.60. The number of aryl methyl sites for hydroxylation is 1. The number of ether oxygens (including phenoxy) is 1. The van der Waals surface area contributed by atoms with Gasteiger partial charge in [0.05, 0.1) is 19.1 Å². The van der Waals surface area contributed by atoms with Crippen molar-refractivity contribution in [3.8, 4) is 6.07 Å². The second kappa shape index (κ2) is 10.1. The van der Waals surface area contributed by atoms with Gasteiger partial charge < -0.3 is 18.9 Å². The first-order valence-electron chi connectivity index (χ1n) is 11.0. The molecule has 10 nitrogen and oxygen atoms in total. The van der Waals surface area contributed by atoms with Crippen LogP contribution in [0.3, 0.4) is 0 Å². The minimum absolute atomic E-state index is 0.00970. The molecule has 1 aromatic heterocycles. The van der Waals surface area contributed by atoms with Crippen LogP contribution in [0.15, 0.2) is 15.8 Å². The number of hydrogen-bond acceptors (Lipinski definition) is 8. The fraction of sp³-hybridized carbons (Fsp3) is 0.762. The molecule has 0 bridgehead atoms. The van der Waals surface area contributed by atoms with Crippen molar-refractivity contribution >= 4 is 8.53 Å². The summed E-state index contributed by atoms with van der Waals surface area (Å²) in [6, 6.07) is 2.44. The summed E-state index contributed by atoms with van der Waals surface area (Å²) in [4.78, 5) is 26.3. The Balaban J connectivity index is 1.79. The molecule has 2 aliphatic rings. The smallest absolute Gasteiger partial charge is 0.330 e. The zero-order valence-electron chi connectivity index (χ0n) is 19.3. The molecule has 2 fully saturated rings. The molecule has 2 heterocycles. The van der Waals surface area contributed by atoms with Crippen molar-refractivity contribution in [2.75, 3.05) is 13.2 Å². The number of aliphatic hydroxyl groups is 1. The van der Waals surface area contributed by atoms with Crippen molar-refractivity contribution in [1.29, 1.82) is 5.26 Å². The van der Waals surface area contributed by atoms with E-state index >= 15 is 0 Å². The maximum absolute atomic E-state index is 12.3. The SMILES string of the molecule is Cc1cn([C@H]2CC3C(OP(OCCC#N)N(C(C)C)C(C)C)[C@@]3(CCO)O2)c(=O)[nH]c1=O. The Bertz CT molecular complexity index is 949. The molecule has 1 aliphatic carbocycles. The highest BCUT2D eigenvalue weighted by Gasteiger charge is 2.73. The number of rotatable bonds is 11. The van der Waals surface area contributed by atoms with E-state index in [9.17, 15) is 14.7 Å². The molecule has 5 atom stereocenters. The molecule has 1 aliphatic heterocycles. The minimum Gasteiger partial charge on any atom is -0.396 e. The molecule has 0 radical (unpaired) electrons. The average Bonchev–Trinajstić information content (AvgIpc) is 3.08. The van der Waals surface area contributed by atoms with Crippen LogP contribution in [-0.4, -0.2) is 56.3 Å². The Kier molecular flexibility index (Phi) is 7.92. The normalized spacial score (nSPS) is 27.7. The summed E-state index contributed by atoms with van der Waals surface area (Å²) in [7, 11) is -1.44. The molecule has 3 rings (SSSR count). The molecule has 1 aromatic rings. The van der Waals surface area contributed by atoms with Gasteiger partial charge in [0.2, 0.25) is 0 Å². The van der Waals surface area contributed by atoms with Gasteiger partial charge in [-0.1, -0.05) is 0 Å². The second-order valence-corrected chi connectivity index (χ2v) is 10.3. The van der Waals surface area contributed by atoms with Gasteiger partial charge in [-0.05, 0) is 34.6 Å². The number of hydrogen-bond donors (Lipinski definition) is 2. The van der Waals surface area contributed by atoms with E-state index in [4.69, 9.17) is 19.0 Å². The van der Waals surface area contributed by atoms with E-state index in [2.05, 4.69) is 43.4 Å². The van der Waals surface area contributed by atoms with Gasteiger partial charge in [-0.25, -0.2) is 9.46 Å². The molecule has 3 unspecified atom stereocenters. The van der Waals surface area contributed by atoms with Gasteiger partial charge in [-0.15, -0.1) is 0 Å². The highest BCUT2D eigenvalue weighted by atomic mass is 31.2. The molecule has 0 amide bonds. The van der Waals surface area contributed by atoms with Gasteiger partial charge in [0, 0.05) is 49.2 Å². The van der Waals surface area contributed by atoms with Crippen molar-refractivity contribution in [3.63, 3.8) is 0 Å². The maximum Gasteiger partial charge on any atom is 0.330 e. The van der Waals surface area contributed by atoms with E-state index in [1.54, 1.807) is 6.92 Å². The quantitative estimate of drug-likeness (QED) is 0.373. The number of aromatic amines is 1. The summed E-state index contributed by atoms with van der Waals surface area (Å²) in [5, 5.41) is 18.6. The van der Waals surface area contributed by atoms with Crippen LogP contribution in [0, 0.1) is 24.2 Å². The van der Waals surface area contributed by atoms with E-state index < -0.39 is 31.6 Å². The third-order valence-electron chi connectivity index (χ3n) is 6.00. The van der Waals surface area contributed by atoms with E-state index in [0.717, 1.165) is 0 Å². The molecule has 2 N–H and O–H groups in total. The zero-order chi connectivity index (χ0) is 23.6. The monoisotopic (exact) mass is 468 g/mol. The zero-order valence-corrected chi connectivity index (χ0v) is 20.2. The molecular formula is C21H33N4O6P. The van der Waals surface area contributed by atoms with Crippen LogP contribution in [0.25, 0.3) is 0 Å². The topological polar surface area (TPSA) is 130 Å². The molecule has 0 aromatic carbocycles. The van der Waals surface area contributed by atoms with Crippen molar-refractivity contribution in [2.24, 2.45) is 5.92 Å². The van der Waals surface area contributed by atoms with Gasteiger partial charge in [0.15, 0.2) is 0 Å². The van der Waals surface area contributed by atoms with Gasteiger partial charge in [-0.3, -0.25) is 14.3 Å². The Morgan fingerprint density at radius 3 is 2.69 bits per heavy atom. The number of H-pyrrole nitrogens is 1. The molecule has 1 saturated heterocycles. The van der Waals surface area contributed by atoms with Crippen LogP contribution in [0.2, 0.25) is 0 Å². The lowest BCUT2D eigenvalue weighted by atomic mass is 10.2. The largest absolute Gasteiger partial charge is 0.396 e. The standard InChI is InChI=1S/C21H33N4O6P/c1-13(2)25(14(3)4)32(29-10-6-8-22)31-18-16-11-17(30-21(16,18)7-9-26)24-12-15(5)19(27)23-20(24)28/h12-14,16-18,26H,6-7,9-11H2,1-5H3,(H,23,27,28)/t16?,17-,18?,21+,32?/m1/s1. The molecule has 1 saturated carbocycles. The minimum atomic E-state index is -1.44. The van der Waals surface area contributed by atoms with Crippen molar-refractivity contribution in [1.82, 2.24) is 14.2 Å². The number of aliphatic hydroxyl groups excluding tert-OH is 1. The lowest BCUT2D eigenvalue weighted by molar-refractivity contribution is -0.0737. The van der Waals surface area contributed by atoms with E-state index in [1.807, 2.05) is 0 Å². The maximum atomic E-state index is 12.3. The fourth-order valence-corrected chi connectivity index (χ4v) is 6.36. The first-order valence-corrected chi connectivity index (χ1v) is 12.1. The van der Waals surface area contributed by atoms with Crippen molar-refractivity contribution < 1.29 is 18.9 Å². The summed E-state index contributed by atoms with van der Waals surface area (Å²) in [5.74, 6) is -0.00970. The first kappa shape index (κ1) is 25.0. The number of fused-ring (bicyclic) bond motifs is 1. The molecule has 11 heteroatoms. The number of nitrogens with zero attached hydrogens (tertiary/aromatic N) is 3. The predicted octanol–water partition coefficient (Wildman–Crippen LogP) is 2.18. The Morgan fingerprint density at radius 1 is 1.41 bits per heavy atom. The molecular weight excluding hydrogens is 435 g/mol. The van der Waals surface area contributed by atoms with E-state index in [-0.39, 0.29) is 43.7 Å². The lowest BCUT2D eigenvalue weighted by Crippen LogP contribution is -2.36. The number of nitriles is 1. The van der Waals surface area contributed by atoms with Gasteiger partial charge in [-0.2, -0.15) is 5.26 Å². The predicted molar refractivity (Wildman–Crippen MR) is 119 cm³/mol. The first-order chi connectivity index (χ1) is 15.2. The second-order valence-electron chi connectivity index (χ2n) is 8.89. The summed E-state index contributed by atoms with van der Waals surface area (Å²) < 4.78 is 22.3. The number of nitrogens with one attached hydrogen (secondary N) is 1. The molecule has 0 spiro atoms. The lowest BCUT2D eigenvalue weighted by Gasteiger charge is -2.36. The Morgan fingerprint density at radius 2 is 2.09 bits per heavy atom. The van der Waals surface area contributed by atoms with Gasteiger partial charge >= 0.3 is 5.69 Å². The van der Waals surface area contributed by atoms with Crippen LogP contribution in [0.5, 0.6) is 0 Å². The van der Waals surface area contributed by atoms with Crippen LogP contribution in [0.4, 0.5) is 0 Å².